The highest BCUT2D eigenvalue weighted by Crippen LogP contribution is 2.12. The molecule has 0 saturated carbocycles. The van der Waals surface area contributed by atoms with E-state index in [-0.39, 0.29) is 17.7 Å². The first-order valence-electron chi connectivity index (χ1n) is 5.18. The van der Waals surface area contributed by atoms with Crippen LogP contribution in [0, 0.1) is 17.1 Å². The van der Waals surface area contributed by atoms with Crippen molar-refractivity contribution in [2.75, 3.05) is 0 Å². The molecule has 0 aliphatic rings. The Morgan fingerprint density at radius 3 is 2.78 bits per heavy atom. The molecule has 0 amide bonds. The Labute approximate surface area is 103 Å². The number of benzene rings is 1. The molecule has 0 radical (unpaired) electrons. The van der Waals surface area contributed by atoms with Gasteiger partial charge in [0.1, 0.15) is 5.82 Å². The minimum Gasteiger partial charge on any atom is -0.478 e. The molecule has 1 aromatic heterocycles. The van der Waals surface area contributed by atoms with Crippen LogP contribution in [0.4, 0.5) is 4.39 Å². The normalized spacial score (nSPS) is 10.0. The molecule has 18 heavy (non-hydrogen) atoms. The average Bonchev–Trinajstić information content (AvgIpc) is 2.80. The van der Waals surface area contributed by atoms with Crippen molar-refractivity contribution in [3.05, 3.63) is 59.2 Å². The second-order valence-corrected chi connectivity index (χ2v) is 3.80. The quantitative estimate of drug-likeness (QED) is 0.900. The Kier molecular flexibility index (Phi) is 3.11. The summed E-state index contributed by atoms with van der Waals surface area (Å²) < 4.78 is 15.2. The number of nitriles is 1. The van der Waals surface area contributed by atoms with Crippen molar-refractivity contribution in [1.82, 2.24) is 4.57 Å². The predicted octanol–water partition coefficient (Wildman–Crippen LogP) is 2.25. The summed E-state index contributed by atoms with van der Waals surface area (Å²) in [5.41, 5.74) is 0.820. The lowest BCUT2D eigenvalue weighted by Gasteiger charge is -2.04. The Morgan fingerprint density at radius 2 is 2.22 bits per heavy atom. The maximum absolute atomic E-state index is 13.6. The Balaban J connectivity index is 2.23. The number of carbonyl (C=O) groups is 1. The van der Waals surface area contributed by atoms with Crippen LogP contribution in [0.3, 0.4) is 0 Å². The molecule has 1 heterocycles. The largest absolute Gasteiger partial charge is 0.478 e. The molecule has 0 atom stereocenters. The van der Waals surface area contributed by atoms with E-state index in [9.17, 15) is 9.18 Å². The van der Waals surface area contributed by atoms with Crippen LogP contribution in [0.15, 0.2) is 36.7 Å². The van der Waals surface area contributed by atoms with Crippen LogP contribution in [-0.4, -0.2) is 15.6 Å². The summed E-state index contributed by atoms with van der Waals surface area (Å²) in [6.07, 6.45) is 3.00. The zero-order chi connectivity index (χ0) is 13.1. The van der Waals surface area contributed by atoms with Crippen molar-refractivity contribution in [3.8, 4) is 6.07 Å². The number of carboxylic acids is 1. The van der Waals surface area contributed by atoms with Crippen molar-refractivity contribution < 1.29 is 14.3 Å². The summed E-state index contributed by atoms with van der Waals surface area (Å²) in [5, 5.41) is 17.4. The van der Waals surface area contributed by atoms with Crippen LogP contribution >= 0.6 is 0 Å². The number of carboxylic acid groups (broad SMARTS) is 1. The van der Waals surface area contributed by atoms with Gasteiger partial charge in [0, 0.05) is 24.5 Å². The lowest BCUT2D eigenvalue weighted by Crippen LogP contribution is -2.00. The van der Waals surface area contributed by atoms with Crippen molar-refractivity contribution in [2.45, 2.75) is 6.54 Å². The molecular formula is C13H9FN2O2. The van der Waals surface area contributed by atoms with E-state index in [0.29, 0.717) is 5.56 Å². The fraction of sp³-hybridized carbons (Fsp3) is 0.0769. The van der Waals surface area contributed by atoms with Gasteiger partial charge in [0.15, 0.2) is 0 Å². The molecule has 0 saturated heterocycles. The predicted molar refractivity (Wildman–Crippen MR) is 61.6 cm³/mol. The molecule has 0 bridgehead atoms. The topological polar surface area (TPSA) is 66.0 Å². The fourth-order valence-electron chi connectivity index (χ4n) is 1.61. The maximum atomic E-state index is 13.6. The van der Waals surface area contributed by atoms with Crippen molar-refractivity contribution in [3.63, 3.8) is 0 Å². The number of nitrogens with zero attached hydrogens (tertiary/aromatic N) is 2. The molecule has 0 spiro atoms. The number of aromatic nitrogens is 1. The second-order valence-electron chi connectivity index (χ2n) is 3.80. The molecule has 2 aromatic rings. The van der Waals surface area contributed by atoms with Crippen LogP contribution in [0.25, 0.3) is 0 Å². The first kappa shape index (κ1) is 11.9. The van der Waals surface area contributed by atoms with Gasteiger partial charge in [-0.1, -0.05) is 6.07 Å². The molecule has 1 aromatic carbocycles. The van der Waals surface area contributed by atoms with Crippen molar-refractivity contribution >= 4 is 5.97 Å². The zero-order valence-electron chi connectivity index (χ0n) is 9.30. The molecule has 0 aliphatic heterocycles. The van der Waals surface area contributed by atoms with E-state index < -0.39 is 11.8 Å². The number of rotatable bonds is 3. The highest BCUT2D eigenvalue weighted by molar-refractivity contribution is 5.87. The minimum atomic E-state index is -1.02. The summed E-state index contributed by atoms with van der Waals surface area (Å²) >= 11 is 0. The molecular weight excluding hydrogens is 235 g/mol. The van der Waals surface area contributed by atoms with E-state index >= 15 is 0 Å². The van der Waals surface area contributed by atoms with Crippen LogP contribution in [0.2, 0.25) is 0 Å². The van der Waals surface area contributed by atoms with E-state index in [1.807, 2.05) is 6.07 Å². The molecule has 90 valence electrons. The number of hydrogen-bond donors (Lipinski definition) is 1. The van der Waals surface area contributed by atoms with Gasteiger partial charge in [-0.25, -0.2) is 9.18 Å². The number of hydrogen-bond acceptors (Lipinski definition) is 2. The monoisotopic (exact) mass is 244 g/mol. The van der Waals surface area contributed by atoms with Gasteiger partial charge >= 0.3 is 5.97 Å². The lowest BCUT2D eigenvalue weighted by atomic mass is 10.1. The van der Waals surface area contributed by atoms with Gasteiger partial charge < -0.3 is 9.67 Å². The summed E-state index contributed by atoms with van der Waals surface area (Å²) in [7, 11) is 0. The van der Waals surface area contributed by atoms with E-state index in [1.165, 1.54) is 24.4 Å². The highest BCUT2D eigenvalue weighted by atomic mass is 19.1. The van der Waals surface area contributed by atoms with E-state index in [4.69, 9.17) is 10.4 Å². The number of aromatic carboxylic acids is 1. The van der Waals surface area contributed by atoms with Gasteiger partial charge in [0.25, 0.3) is 0 Å². The summed E-state index contributed by atoms with van der Waals surface area (Å²) in [6.45, 7) is 0.227. The average molecular weight is 244 g/mol. The SMILES string of the molecule is N#Cc1ccc(Cn2ccc(C(=O)O)c2)c(F)c1. The van der Waals surface area contributed by atoms with Crippen molar-refractivity contribution in [1.29, 1.82) is 5.26 Å². The Morgan fingerprint density at radius 1 is 1.44 bits per heavy atom. The highest BCUT2D eigenvalue weighted by Gasteiger charge is 2.07. The van der Waals surface area contributed by atoms with Crippen LogP contribution < -0.4 is 0 Å². The number of halogens is 1. The van der Waals surface area contributed by atoms with E-state index in [2.05, 4.69) is 0 Å². The Hall–Kier alpha value is -2.61. The van der Waals surface area contributed by atoms with Gasteiger partial charge in [-0.2, -0.15) is 5.26 Å². The smallest absolute Gasteiger partial charge is 0.337 e. The standard InChI is InChI=1S/C13H9FN2O2/c14-12-5-9(6-15)1-2-10(12)7-16-4-3-11(8-16)13(17)18/h1-5,8H,7H2,(H,17,18). The third kappa shape index (κ3) is 2.38. The fourth-order valence-corrected chi connectivity index (χ4v) is 1.61. The first-order chi connectivity index (χ1) is 8.60. The van der Waals surface area contributed by atoms with Crippen LogP contribution in [0.1, 0.15) is 21.5 Å². The molecule has 4 nitrogen and oxygen atoms in total. The third-order valence-corrected chi connectivity index (χ3v) is 2.53. The van der Waals surface area contributed by atoms with Gasteiger partial charge in [-0.05, 0) is 18.2 Å². The van der Waals surface area contributed by atoms with Crippen LogP contribution in [-0.2, 0) is 6.54 Å². The first-order valence-corrected chi connectivity index (χ1v) is 5.18. The molecule has 5 heteroatoms. The van der Waals surface area contributed by atoms with E-state index in [0.717, 1.165) is 6.07 Å². The van der Waals surface area contributed by atoms with Crippen molar-refractivity contribution in [2.24, 2.45) is 0 Å². The lowest BCUT2D eigenvalue weighted by molar-refractivity contribution is 0.0697. The van der Waals surface area contributed by atoms with E-state index in [1.54, 1.807) is 10.8 Å². The van der Waals surface area contributed by atoms with Gasteiger partial charge in [0.05, 0.1) is 17.2 Å². The Bertz CT molecular complexity index is 641. The van der Waals surface area contributed by atoms with Gasteiger partial charge in [0.2, 0.25) is 0 Å². The van der Waals surface area contributed by atoms with Crippen LogP contribution in [0.5, 0.6) is 0 Å². The van der Waals surface area contributed by atoms with Gasteiger partial charge in [-0.15, -0.1) is 0 Å². The third-order valence-electron chi connectivity index (χ3n) is 2.53. The molecule has 1 N–H and O–H groups in total. The van der Waals surface area contributed by atoms with Gasteiger partial charge in [-0.3, -0.25) is 0 Å². The molecule has 2 rings (SSSR count). The summed E-state index contributed by atoms with van der Waals surface area (Å²) in [6, 6.07) is 7.52. The molecule has 0 aliphatic carbocycles. The molecule has 0 unspecified atom stereocenters. The summed E-state index contributed by atoms with van der Waals surface area (Å²) in [5.74, 6) is -1.49. The zero-order valence-corrected chi connectivity index (χ0v) is 9.30. The minimum absolute atomic E-state index is 0.157. The molecule has 0 fully saturated rings. The maximum Gasteiger partial charge on any atom is 0.337 e. The summed E-state index contributed by atoms with van der Waals surface area (Å²) in [4.78, 5) is 10.7. The second kappa shape index (κ2) is 4.72.